The minimum Gasteiger partial charge on any atom is -0.404 e. The molecule has 0 amide bonds. The van der Waals surface area contributed by atoms with Gasteiger partial charge in [-0.05, 0) is 47.7 Å². The molecule has 1 aliphatic rings. The van der Waals surface area contributed by atoms with Crippen LogP contribution in [0.15, 0.2) is 91.0 Å². The number of unbranched alkanes of at least 4 members (excludes halogenated alkanes) is 1. The molecule has 4 heteroatoms. The van der Waals surface area contributed by atoms with E-state index in [0.29, 0.717) is 6.61 Å². The molecule has 1 saturated heterocycles. The molecule has 3 aromatic carbocycles. The Hall–Kier alpha value is -2.24. The lowest BCUT2D eigenvalue weighted by molar-refractivity contribution is -0.162. The van der Waals surface area contributed by atoms with Gasteiger partial charge in [-0.25, -0.2) is 0 Å². The van der Waals surface area contributed by atoms with Crippen molar-refractivity contribution in [2.75, 3.05) is 19.8 Å². The van der Waals surface area contributed by atoms with E-state index in [1.54, 1.807) is 0 Å². The molecular weight excluding hydrogens is 400 g/mol. The van der Waals surface area contributed by atoms with Crippen molar-refractivity contribution in [1.82, 2.24) is 0 Å². The number of hydrogen-bond acceptors (Lipinski definition) is 3. The molecule has 0 radical (unpaired) electrons. The summed E-state index contributed by atoms with van der Waals surface area (Å²) < 4.78 is 18.5. The van der Waals surface area contributed by atoms with Gasteiger partial charge in [0.1, 0.15) is 0 Å². The van der Waals surface area contributed by atoms with Gasteiger partial charge in [-0.15, -0.1) is 0 Å². The standard InChI is InChI=1S/C27H32O3Si/c1-4-14-24(15-5-1)31(25-16-6-2-7-17-25,26-18-8-3-9-19-26)30-23-13-12-22-29-27-20-10-11-21-28-27/h1-9,14-19,27H,10-13,20-23H2. The highest BCUT2D eigenvalue weighted by Crippen LogP contribution is 2.15. The summed E-state index contributed by atoms with van der Waals surface area (Å²) in [6.45, 7) is 2.26. The molecule has 0 spiro atoms. The second-order valence-electron chi connectivity index (χ2n) is 8.00. The molecule has 1 fully saturated rings. The van der Waals surface area contributed by atoms with E-state index in [-0.39, 0.29) is 6.29 Å². The van der Waals surface area contributed by atoms with Gasteiger partial charge in [0.15, 0.2) is 6.29 Å². The number of ether oxygens (including phenoxy) is 2. The molecule has 1 unspecified atom stereocenters. The minimum absolute atomic E-state index is 0.0129. The molecule has 3 nitrogen and oxygen atoms in total. The highest BCUT2D eigenvalue weighted by molar-refractivity contribution is 7.07. The lowest BCUT2D eigenvalue weighted by Crippen LogP contribution is -2.69. The fraction of sp³-hybridized carbons (Fsp3) is 0.333. The predicted octanol–water partition coefficient (Wildman–Crippen LogP) is 3.99. The Labute approximate surface area is 187 Å². The molecule has 4 rings (SSSR count). The first-order chi connectivity index (χ1) is 15.4. The SMILES string of the molecule is c1ccc([Si](OCCCCOC2CCCCO2)(c2ccccc2)c2ccccc2)cc1. The highest BCUT2D eigenvalue weighted by Gasteiger charge is 2.41. The molecule has 1 atom stereocenters. The average molecular weight is 433 g/mol. The fourth-order valence-electron chi connectivity index (χ4n) is 4.26. The molecule has 0 aliphatic carbocycles. The summed E-state index contributed by atoms with van der Waals surface area (Å²) in [5.41, 5.74) is 0. The number of rotatable bonds is 10. The maximum absolute atomic E-state index is 6.93. The zero-order valence-electron chi connectivity index (χ0n) is 18.1. The van der Waals surface area contributed by atoms with Crippen LogP contribution in [-0.4, -0.2) is 34.4 Å². The lowest BCUT2D eigenvalue weighted by atomic mass is 10.2. The van der Waals surface area contributed by atoms with Crippen molar-refractivity contribution in [3.63, 3.8) is 0 Å². The highest BCUT2D eigenvalue weighted by atomic mass is 28.4. The molecule has 0 N–H and O–H groups in total. The molecule has 0 saturated carbocycles. The molecule has 31 heavy (non-hydrogen) atoms. The molecule has 1 aliphatic heterocycles. The normalized spacial score (nSPS) is 16.8. The summed E-state index contributed by atoms with van der Waals surface area (Å²) in [6.07, 6.45) is 5.30. The third-order valence-corrected chi connectivity index (χ3v) is 9.92. The van der Waals surface area contributed by atoms with Gasteiger partial charge >= 0.3 is 0 Å². The van der Waals surface area contributed by atoms with Gasteiger partial charge in [-0.3, -0.25) is 0 Å². The molecule has 0 aromatic heterocycles. The van der Waals surface area contributed by atoms with E-state index < -0.39 is 8.32 Å². The summed E-state index contributed by atoms with van der Waals surface area (Å²) in [7, 11) is -2.58. The van der Waals surface area contributed by atoms with Gasteiger partial charge < -0.3 is 13.9 Å². The summed E-state index contributed by atoms with van der Waals surface area (Å²) in [5.74, 6) is 0. The zero-order valence-corrected chi connectivity index (χ0v) is 19.1. The van der Waals surface area contributed by atoms with E-state index >= 15 is 0 Å². The Kier molecular flexibility index (Phi) is 8.08. The average Bonchev–Trinajstić information content (AvgIpc) is 2.86. The van der Waals surface area contributed by atoms with Crippen molar-refractivity contribution >= 4 is 23.9 Å². The van der Waals surface area contributed by atoms with Crippen LogP contribution in [0.1, 0.15) is 32.1 Å². The van der Waals surface area contributed by atoms with E-state index in [4.69, 9.17) is 13.9 Å². The third-order valence-electron chi connectivity index (χ3n) is 5.84. The van der Waals surface area contributed by atoms with Crippen LogP contribution in [0, 0.1) is 0 Å². The van der Waals surface area contributed by atoms with Crippen LogP contribution in [0.25, 0.3) is 0 Å². The lowest BCUT2D eigenvalue weighted by Gasteiger charge is -2.33. The van der Waals surface area contributed by atoms with Crippen molar-refractivity contribution in [2.24, 2.45) is 0 Å². The van der Waals surface area contributed by atoms with Gasteiger partial charge in [0, 0.05) is 19.8 Å². The summed E-state index contributed by atoms with van der Waals surface area (Å²) in [4.78, 5) is 0. The molecule has 3 aromatic rings. The van der Waals surface area contributed by atoms with Crippen LogP contribution in [0.2, 0.25) is 0 Å². The maximum atomic E-state index is 6.93. The summed E-state index contributed by atoms with van der Waals surface area (Å²) in [5, 5.41) is 3.83. The van der Waals surface area contributed by atoms with Gasteiger partial charge in [-0.1, -0.05) is 91.0 Å². The first-order valence-electron chi connectivity index (χ1n) is 11.4. The second-order valence-corrected chi connectivity index (χ2v) is 11.4. The van der Waals surface area contributed by atoms with Crippen LogP contribution >= 0.6 is 0 Å². The van der Waals surface area contributed by atoms with Gasteiger partial charge in [0.05, 0.1) is 0 Å². The largest absolute Gasteiger partial charge is 0.404 e. The molecular formula is C27H32O3Si. The van der Waals surface area contributed by atoms with E-state index in [1.165, 1.54) is 22.0 Å². The Morgan fingerprint density at radius 3 is 1.68 bits per heavy atom. The van der Waals surface area contributed by atoms with E-state index in [0.717, 1.165) is 38.9 Å². The molecule has 0 bridgehead atoms. The van der Waals surface area contributed by atoms with Gasteiger partial charge in [-0.2, -0.15) is 0 Å². The smallest absolute Gasteiger partial charge is 0.288 e. The molecule has 162 valence electrons. The number of benzene rings is 3. The first-order valence-corrected chi connectivity index (χ1v) is 13.3. The minimum atomic E-state index is -2.58. The topological polar surface area (TPSA) is 27.7 Å². The van der Waals surface area contributed by atoms with Crippen molar-refractivity contribution in [2.45, 2.75) is 38.4 Å². The number of hydrogen-bond donors (Lipinski definition) is 0. The van der Waals surface area contributed by atoms with Crippen LogP contribution in [0.4, 0.5) is 0 Å². The van der Waals surface area contributed by atoms with Crippen molar-refractivity contribution < 1.29 is 13.9 Å². The monoisotopic (exact) mass is 432 g/mol. The summed E-state index contributed by atoms with van der Waals surface area (Å²) in [6, 6.07) is 32.2. The van der Waals surface area contributed by atoms with Gasteiger partial charge in [0.25, 0.3) is 8.32 Å². The first kappa shape index (κ1) is 22.0. The molecule has 1 heterocycles. The van der Waals surface area contributed by atoms with Crippen LogP contribution < -0.4 is 15.6 Å². The van der Waals surface area contributed by atoms with Crippen LogP contribution in [-0.2, 0) is 13.9 Å². The maximum Gasteiger partial charge on any atom is 0.288 e. The Balaban J connectivity index is 1.50. The quantitative estimate of drug-likeness (QED) is 0.275. The van der Waals surface area contributed by atoms with E-state index in [2.05, 4.69) is 91.0 Å². The van der Waals surface area contributed by atoms with Crippen molar-refractivity contribution in [1.29, 1.82) is 0 Å². The van der Waals surface area contributed by atoms with Crippen LogP contribution in [0.5, 0.6) is 0 Å². The van der Waals surface area contributed by atoms with Crippen molar-refractivity contribution in [3.8, 4) is 0 Å². The van der Waals surface area contributed by atoms with Crippen LogP contribution in [0.3, 0.4) is 0 Å². The zero-order chi connectivity index (χ0) is 21.2. The Morgan fingerprint density at radius 2 is 1.19 bits per heavy atom. The second kappa shape index (κ2) is 11.4. The predicted molar refractivity (Wildman–Crippen MR) is 129 cm³/mol. The summed E-state index contributed by atoms with van der Waals surface area (Å²) >= 11 is 0. The Morgan fingerprint density at radius 1 is 0.677 bits per heavy atom. The van der Waals surface area contributed by atoms with E-state index in [1.807, 2.05) is 0 Å². The van der Waals surface area contributed by atoms with Crippen molar-refractivity contribution in [3.05, 3.63) is 91.0 Å². The van der Waals surface area contributed by atoms with E-state index in [9.17, 15) is 0 Å². The third kappa shape index (κ3) is 5.52. The Bertz CT molecular complexity index is 783. The fourth-order valence-corrected chi connectivity index (χ4v) is 8.19. The van der Waals surface area contributed by atoms with Gasteiger partial charge in [0.2, 0.25) is 0 Å².